The molecule has 43 heavy (non-hydrogen) atoms. The third kappa shape index (κ3) is 7.81. The molecule has 0 radical (unpaired) electrons. The van der Waals surface area contributed by atoms with Crippen molar-refractivity contribution in [3.8, 4) is 22.6 Å². The van der Waals surface area contributed by atoms with Gasteiger partial charge in [0.05, 0.1) is 18.8 Å². The molecule has 1 saturated heterocycles. The van der Waals surface area contributed by atoms with E-state index in [9.17, 15) is 43.9 Å². The predicted octanol–water partition coefficient (Wildman–Crippen LogP) is 10.1. The molecular formula is C30H24F10O3. The first-order valence-corrected chi connectivity index (χ1v) is 13.1. The van der Waals surface area contributed by atoms with E-state index in [1.165, 1.54) is 0 Å². The Bertz CT molecular complexity index is 1420. The van der Waals surface area contributed by atoms with Crippen LogP contribution in [0.3, 0.4) is 0 Å². The fourth-order valence-electron chi connectivity index (χ4n) is 4.80. The van der Waals surface area contributed by atoms with E-state index in [4.69, 9.17) is 4.74 Å². The Kier molecular flexibility index (Phi) is 9.63. The number of halogens is 10. The molecule has 2 atom stereocenters. The standard InChI is InChI=1S/C30H24F10O3/c1-2-3-16-4-9-25(41-15-16)18-7-5-17(6-8-18)19-10-21(31)27(22(32)11-19)30(39,40)42-20-12-23(33)28(24(34)13-20)43-29(37,38)14-26(35)36/h5-8,10-14,16,25H,2-4,9,15H2,1H3. The first-order valence-electron chi connectivity index (χ1n) is 13.1. The highest BCUT2D eigenvalue weighted by Gasteiger charge is 2.42. The summed E-state index contributed by atoms with van der Waals surface area (Å²) in [4.78, 5) is 0. The Labute approximate surface area is 239 Å². The van der Waals surface area contributed by atoms with E-state index >= 15 is 0 Å². The van der Waals surface area contributed by atoms with Crippen LogP contribution in [0.1, 0.15) is 49.8 Å². The molecule has 3 aromatic rings. The normalized spacial score (nSPS) is 17.5. The van der Waals surface area contributed by atoms with Crippen molar-refractivity contribution in [1.29, 1.82) is 0 Å². The third-order valence-electron chi connectivity index (χ3n) is 6.75. The molecule has 3 nitrogen and oxygen atoms in total. The Morgan fingerprint density at radius 1 is 0.837 bits per heavy atom. The van der Waals surface area contributed by atoms with Crippen molar-refractivity contribution in [2.75, 3.05) is 6.61 Å². The van der Waals surface area contributed by atoms with Gasteiger partial charge >= 0.3 is 12.2 Å². The first-order chi connectivity index (χ1) is 20.2. The second-order valence-electron chi connectivity index (χ2n) is 9.92. The monoisotopic (exact) mass is 622 g/mol. The van der Waals surface area contributed by atoms with Crippen molar-refractivity contribution in [2.45, 2.75) is 50.9 Å². The van der Waals surface area contributed by atoms with Gasteiger partial charge in [0.2, 0.25) is 0 Å². The van der Waals surface area contributed by atoms with Gasteiger partial charge in [0.25, 0.3) is 6.08 Å². The molecular weight excluding hydrogens is 598 g/mol. The maximum atomic E-state index is 14.8. The zero-order valence-electron chi connectivity index (χ0n) is 22.4. The van der Waals surface area contributed by atoms with Crippen LogP contribution in [0.25, 0.3) is 11.1 Å². The number of hydrogen-bond donors (Lipinski definition) is 0. The fourth-order valence-corrected chi connectivity index (χ4v) is 4.80. The smallest absolute Gasteiger partial charge is 0.429 e. The number of benzene rings is 3. The van der Waals surface area contributed by atoms with Gasteiger partial charge in [-0.2, -0.15) is 26.3 Å². The molecule has 3 aromatic carbocycles. The summed E-state index contributed by atoms with van der Waals surface area (Å²) in [6, 6.07) is 7.65. The summed E-state index contributed by atoms with van der Waals surface area (Å²) < 4.78 is 152. The van der Waals surface area contributed by atoms with Crippen molar-refractivity contribution in [3.63, 3.8) is 0 Å². The first kappa shape index (κ1) is 32.2. The van der Waals surface area contributed by atoms with Gasteiger partial charge in [-0.3, -0.25) is 0 Å². The average Bonchev–Trinajstić information content (AvgIpc) is 2.90. The molecule has 13 heteroatoms. The molecule has 1 aliphatic heterocycles. The molecule has 232 valence electrons. The van der Waals surface area contributed by atoms with Crippen LogP contribution < -0.4 is 9.47 Å². The van der Waals surface area contributed by atoms with Crippen LogP contribution in [0, 0.1) is 29.2 Å². The molecule has 4 rings (SSSR count). The molecule has 0 N–H and O–H groups in total. The number of alkyl halides is 4. The van der Waals surface area contributed by atoms with E-state index in [1.807, 2.05) is 0 Å². The van der Waals surface area contributed by atoms with Gasteiger partial charge in [0, 0.05) is 12.1 Å². The third-order valence-corrected chi connectivity index (χ3v) is 6.75. The molecule has 1 aliphatic rings. The van der Waals surface area contributed by atoms with E-state index < -0.39 is 64.7 Å². The van der Waals surface area contributed by atoms with Gasteiger partial charge in [-0.1, -0.05) is 37.6 Å². The lowest BCUT2D eigenvalue weighted by molar-refractivity contribution is -0.189. The SMILES string of the molecule is CCCC1CCC(c2ccc(-c3cc(F)c(C(F)(F)Oc4cc(F)c(OC(F)(F)C=C(F)F)c(F)c4)c(F)c3)cc2)OC1. The largest absolute Gasteiger partial charge is 0.432 e. The second kappa shape index (κ2) is 12.9. The zero-order chi connectivity index (χ0) is 31.5. The highest BCUT2D eigenvalue weighted by Crippen LogP contribution is 2.40. The van der Waals surface area contributed by atoms with Crippen molar-refractivity contribution < 1.29 is 58.1 Å². The summed E-state index contributed by atoms with van der Waals surface area (Å²) in [5.74, 6) is -10.3. The van der Waals surface area contributed by atoms with Crippen LogP contribution in [-0.4, -0.2) is 12.7 Å². The van der Waals surface area contributed by atoms with E-state index in [0.717, 1.165) is 31.2 Å². The number of hydrogen-bond acceptors (Lipinski definition) is 3. The highest BCUT2D eigenvalue weighted by molar-refractivity contribution is 5.64. The van der Waals surface area contributed by atoms with E-state index in [0.29, 0.717) is 30.2 Å². The van der Waals surface area contributed by atoms with Crippen LogP contribution in [0.5, 0.6) is 11.5 Å². The van der Waals surface area contributed by atoms with E-state index in [2.05, 4.69) is 16.4 Å². The van der Waals surface area contributed by atoms with Crippen molar-refractivity contribution in [2.24, 2.45) is 5.92 Å². The highest BCUT2D eigenvalue weighted by atomic mass is 19.3. The fraction of sp³-hybridized carbons (Fsp3) is 0.333. The lowest BCUT2D eigenvalue weighted by atomic mass is 9.91. The number of rotatable bonds is 10. The Morgan fingerprint density at radius 2 is 1.44 bits per heavy atom. The van der Waals surface area contributed by atoms with Crippen molar-refractivity contribution >= 4 is 0 Å². The Hall–Kier alpha value is -3.74. The maximum Gasteiger partial charge on any atom is 0.432 e. The lowest BCUT2D eigenvalue weighted by Crippen LogP contribution is -2.26. The van der Waals surface area contributed by atoms with Gasteiger partial charge in [-0.05, 0) is 54.0 Å². The summed E-state index contributed by atoms with van der Waals surface area (Å²) in [6.07, 6.45) is -9.86. The van der Waals surface area contributed by atoms with Gasteiger partial charge in [0.15, 0.2) is 17.4 Å². The lowest BCUT2D eigenvalue weighted by Gasteiger charge is -2.29. The topological polar surface area (TPSA) is 27.7 Å². The van der Waals surface area contributed by atoms with Crippen LogP contribution in [0.4, 0.5) is 43.9 Å². The van der Waals surface area contributed by atoms with Gasteiger partial charge in [-0.25, -0.2) is 17.6 Å². The van der Waals surface area contributed by atoms with Crippen LogP contribution in [-0.2, 0) is 10.8 Å². The van der Waals surface area contributed by atoms with Crippen LogP contribution in [0.15, 0.2) is 60.7 Å². The second-order valence-corrected chi connectivity index (χ2v) is 9.92. The summed E-state index contributed by atoms with van der Waals surface area (Å²) >= 11 is 0. The summed E-state index contributed by atoms with van der Waals surface area (Å²) in [7, 11) is 0. The van der Waals surface area contributed by atoms with Crippen LogP contribution in [0.2, 0.25) is 0 Å². The van der Waals surface area contributed by atoms with Gasteiger partial charge in [0.1, 0.15) is 22.9 Å². The maximum absolute atomic E-state index is 14.8. The summed E-state index contributed by atoms with van der Waals surface area (Å²) in [5, 5.41) is 0. The van der Waals surface area contributed by atoms with Crippen LogP contribution >= 0.6 is 0 Å². The summed E-state index contributed by atoms with van der Waals surface area (Å²) in [6.45, 7) is 2.73. The molecule has 1 fully saturated rings. The molecule has 0 amide bonds. The molecule has 1 heterocycles. The van der Waals surface area contributed by atoms with E-state index in [1.54, 1.807) is 24.3 Å². The van der Waals surface area contributed by atoms with Crippen molar-refractivity contribution in [3.05, 3.63) is 95.1 Å². The molecule has 0 aromatic heterocycles. The summed E-state index contributed by atoms with van der Waals surface area (Å²) in [5.41, 5.74) is -0.828. The van der Waals surface area contributed by atoms with Gasteiger partial charge in [-0.15, -0.1) is 0 Å². The zero-order valence-corrected chi connectivity index (χ0v) is 22.4. The molecule has 0 spiro atoms. The molecule has 2 unspecified atom stereocenters. The average molecular weight is 622 g/mol. The minimum Gasteiger partial charge on any atom is -0.429 e. The number of ether oxygens (including phenoxy) is 3. The predicted molar refractivity (Wildman–Crippen MR) is 135 cm³/mol. The Balaban J connectivity index is 1.51. The van der Waals surface area contributed by atoms with Crippen molar-refractivity contribution in [1.82, 2.24) is 0 Å². The molecule has 0 bridgehead atoms. The van der Waals surface area contributed by atoms with Gasteiger partial charge < -0.3 is 14.2 Å². The van der Waals surface area contributed by atoms with E-state index in [-0.39, 0.29) is 23.8 Å². The quantitative estimate of drug-likeness (QED) is 0.211. The minimum absolute atomic E-state index is 0.0519. The molecule has 0 aliphatic carbocycles. The molecule has 0 saturated carbocycles. The minimum atomic E-state index is -4.86. The Morgan fingerprint density at radius 3 is 1.95 bits per heavy atom.